The van der Waals surface area contributed by atoms with E-state index in [2.05, 4.69) is 53.2 Å². The van der Waals surface area contributed by atoms with Gasteiger partial charge in [0.15, 0.2) is 12.2 Å². The second-order valence-corrected chi connectivity index (χ2v) is 25.2. The van der Waals surface area contributed by atoms with Gasteiger partial charge >= 0.3 is 12.2 Å². The lowest BCUT2D eigenvalue weighted by atomic mass is 9.97. The van der Waals surface area contributed by atoms with Gasteiger partial charge in [-0.3, -0.25) is 38.4 Å². The van der Waals surface area contributed by atoms with Crippen molar-refractivity contribution < 1.29 is 77.1 Å². The fraction of sp³-hybridized carbons (Fsp3) is 0.821. The first-order chi connectivity index (χ1) is 38.1. The van der Waals surface area contributed by atoms with Crippen LogP contribution in [-0.4, -0.2) is 180 Å². The molecule has 4 bridgehead atoms. The van der Waals surface area contributed by atoms with Crippen LogP contribution in [0.3, 0.4) is 0 Å². The van der Waals surface area contributed by atoms with Crippen LogP contribution in [0.2, 0.25) is 0 Å². The van der Waals surface area contributed by atoms with Crippen LogP contribution in [0.1, 0.15) is 161 Å². The molecule has 82 heavy (non-hydrogen) atoms. The third kappa shape index (κ3) is 24.9. The number of fused-ring (bicyclic) bond motifs is 4. The first kappa shape index (κ1) is 70.4. The van der Waals surface area contributed by atoms with E-state index >= 15 is 0 Å². The van der Waals surface area contributed by atoms with Crippen LogP contribution in [0, 0.1) is 23.7 Å². The molecule has 0 spiro atoms. The third-order valence-electron chi connectivity index (χ3n) is 13.6. The first-order valence-corrected chi connectivity index (χ1v) is 29.1. The van der Waals surface area contributed by atoms with Crippen molar-refractivity contribution in [1.29, 1.82) is 0 Å². The van der Waals surface area contributed by atoms with Crippen LogP contribution >= 0.6 is 0 Å². The van der Waals surface area contributed by atoms with Gasteiger partial charge in [0.1, 0.15) is 47.5 Å². The summed E-state index contributed by atoms with van der Waals surface area (Å²) in [6.45, 7) is 24.0. The number of rotatable bonds is 14. The minimum atomic E-state index is -1.49. The summed E-state index contributed by atoms with van der Waals surface area (Å²) in [6.07, 6.45) is -7.54. The van der Waals surface area contributed by atoms with E-state index in [0.717, 1.165) is 0 Å². The predicted octanol–water partition coefficient (Wildman–Crippen LogP) is 0.972. The van der Waals surface area contributed by atoms with Crippen LogP contribution in [-0.2, 0) is 57.3 Å². The summed E-state index contributed by atoms with van der Waals surface area (Å²) in [5.41, 5.74) is -1.56. The second kappa shape index (κ2) is 32.8. The van der Waals surface area contributed by atoms with Crippen LogP contribution in [0.25, 0.3) is 0 Å². The van der Waals surface area contributed by atoms with Gasteiger partial charge in [0, 0.05) is 26.2 Å². The Morgan fingerprint density at radius 2 is 0.817 bits per heavy atom. The SMILES string of the molecule is CC(C)C[C@@H]1NC(=O)[C@H](CCCNC(=O)OC(C)(C)C)NC(=O)[C@H](C(C)C)NC(=O)[C@H]2O[C@H](CC[C@@H]2O)CNC(=O)[C@@H](CC(C)C)NC(=O)[C@H](CCCNC(=O)OC(C)(C)C)NC(=O)[C@H](C(C)C)NC(=O)[C@H]2O[C@H](CC[C@@H]2O)CNC1=O. The van der Waals surface area contributed by atoms with Crippen molar-refractivity contribution in [1.82, 2.24) is 53.2 Å². The lowest BCUT2D eigenvalue weighted by molar-refractivity contribution is -0.160. The van der Waals surface area contributed by atoms with Crippen LogP contribution in [0.4, 0.5) is 9.59 Å². The van der Waals surface area contributed by atoms with Crippen molar-refractivity contribution >= 4 is 59.4 Å². The maximum absolute atomic E-state index is 14.3. The van der Waals surface area contributed by atoms with Gasteiger partial charge in [-0.2, -0.15) is 0 Å². The number of carbonyl (C=O) groups is 10. The van der Waals surface area contributed by atoms with Gasteiger partial charge in [0.05, 0.1) is 24.4 Å². The van der Waals surface area contributed by atoms with Crippen molar-refractivity contribution in [3.8, 4) is 0 Å². The minimum Gasteiger partial charge on any atom is -0.444 e. The van der Waals surface area contributed by atoms with Gasteiger partial charge < -0.3 is 82.3 Å². The summed E-state index contributed by atoms with van der Waals surface area (Å²) in [5.74, 6) is -7.35. The normalized spacial score (nSPS) is 28.5. The Balaban J connectivity index is 2.05. The zero-order chi connectivity index (χ0) is 61.8. The Hall–Kier alpha value is -5.86. The molecule has 0 unspecified atom stereocenters. The van der Waals surface area contributed by atoms with Crippen LogP contribution in [0.5, 0.6) is 0 Å². The molecule has 12 atom stereocenters. The molecule has 26 nitrogen and oxygen atoms in total. The molecule has 0 saturated carbocycles. The number of carbonyl (C=O) groups excluding carboxylic acids is 10. The molecule has 0 aromatic carbocycles. The predicted molar refractivity (Wildman–Crippen MR) is 301 cm³/mol. The second-order valence-electron chi connectivity index (χ2n) is 25.2. The summed E-state index contributed by atoms with van der Waals surface area (Å²) in [6, 6.07) is -7.47. The Morgan fingerprint density at radius 3 is 1.12 bits per heavy atom. The molecule has 468 valence electrons. The van der Waals surface area contributed by atoms with E-state index in [-0.39, 0.29) is 102 Å². The number of alkyl carbamates (subject to hydrolysis) is 2. The van der Waals surface area contributed by atoms with Crippen molar-refractivity contribution in [2.75, 3.05) is 26.2 Å². The number of hydrogen-bond acceptors (Lipinski definition) is 16. The van der Waals surface area contributed by atoms with Crippen molar-refractivity contribution in [3.63, 3.8) is 0 Å². The van der Waals surface area contributed by atoms with Gasteiger partial charge in [0.2, 0.25) is 35.4 Å². The van der Waals surface area contributed by atoms with Crippen LogP contribution in [0.15, 0.2) is 0 Å². The molecule has 26 heteroatoms. The lowest BCUT2D eigenvalue weighted by Gasteiger charge is -2.35. The summed E-state index contributed by atoms with van der Waals surface area (Å²) < 4.78 is 22.8. The molecule has 3 saturated heterocycles. The molecular formula is C56H98N10O16. The molecule has 3 aliphatic heterocycles. The number of ether oxygens (including phenoxy) is 4. The highest BCUT2D eigenvalue weighted by Gasteiger charge is 2.41. The highest BCUT2D eigenvalue weighted by atomic mass is 16.6. The van der Waals surface area contributed by atoms with E-state index < -0.39 is 155 Å². The minimum absolute atomic E-state index is 0.0409. The fourth-order valence-electron chi connectivity index (χ4n) is 9.37. The fourth-order valence-corrected chi connectivity index (χ4v) is 9.37. The standard InChI is InChI=1S/C56H98N10O16/c1-29(2)25-37-45(69)59-27-33-19-21-39(67)43(79-33)51(75)66-42(32(7)8)50(74)62-36(18-16-24-58-54(78)82-56(12,13)14)48(72)64-38(26-30(3)4)46(70)60-28-34-20-22-40(68)44(80-34)52(76)65-41(31(5)6)49(73)61-35(47(71)63-37)17-15-23-57-53(77)81-55(9,10)11/h29-44,67-68H,15-28H2,1-14H3,(H,57,77)(H,58,78)(H,59,69)(H,60,70)(H,61,73)(H,62,74)(H,63,71)(H,64,72)(H,65,76)(H,66,75)/t33-,34-,35+,36+,37-,38+,39+,40+,41+,42+,43+,44+/m1/s1. The molecule has 10 amide bonds. The van der Waals surface area contributed by atoms with Crippen LogP contribution < -0.4 is 53.2 Å². The average Bonchev–Trinajstić information content (AvgIpc) is 3.48. The van der Waals surface area contributed by atoms with E-state index in [9.17, 15) is 58.2 Å². The van der Waals surface area contributed by atoms with Crippen molar-refractivity contribution in [2.24, 2.45) is 23.7 Å². The first-order valence-electron chi connectivity index (χ1n) is 29.1. The van der Waals surface area contributed by atoms with E-state index in [1.807, 2.05) is 27.7 Å². The third-order valence-corrected chi connectivity index (χ3v) is 13.6. The van der Waals surface area contributed by atoms with Gasteiger partial charge in [-0.1, -0.05) is 55.4 Å². The maximum Gasteiger partial charge on any atom is 0.407 e. The molecule has 0 aromatic heterocycles. The van der Waals surface area contributed by atoms with E-state index in [1.165, 1.54) is 0 Å². The Bertz CT molecular complexity index is 2020. The largest absolute Gasteiger partial charge is 0.444 e. The summed E-state index contributed by atoms with van der Waals surface area (Å²) in [4.78, 5) is 138. The number of nitrogens with one attached hydrogen (secondary N) is 10. The number of amides is 10. The average molecular weight is 1170 g/mol. The molecule has 0 aromatic rings. The van der Waals surface area contributed by atoms with E-state index in [0.29, 0.717) is 0 Å². The smallest absolute Gasteiger partial charge is 0.407 e. The number of aliphatic hydroxyl groups excluding tert-OH is 2. The highest BCUT2D eigenvalue weighted by molar-refractivity contribution is 5.96. The van der Waals surface area contributed by atoms with Gasteiger partial charge in [-0.25, -0.2) is 9.59 Å². The molecule has 3 rings (SSSR count). The molecule has 12 N–H and O–H groups in total. The Kier molecular flexibility index (Phi) is 28.2. The quantitative estimate of drug-likeness (QED) is 0.108. The molecule has 0 aliphatic carbocycles. The molecular weight excluding hydrogens is 1070 g/mol. The molecule has 3 heterocycles. The summed E-state index contributed by atoms with van der Waals surface area (Å²) in [5, 5.41) is 49.4. The monoisotopic (exact) mass is 1170 g/mol. The van der Waals surface area contributed by atoms with Crippen molar-refractivity contribution in [3.05, 3.63) is 0 Å². The van der Waals surface area contributed by atoms with E-state index in [4.69, 9.17) is 18.9 Å². The van der Waals surface area contributed by atoms with Crippen molar-refractivity contribution in [2.45, 2.75) is 245 Å². The zero-order valence-corrected chi connectivity index (χ0v) is 50.7. The lowest BCUT2D eigenvalue weighted by Crippen LogP contribution is -2.61. The summed E-state index contributed by atoms with van der Waals surface area (Å²) in [7, 11) is 0. The zero-order valence-electron chi connectivity index (χ0n) is 50.7. The molecule has 0 radical (unpaired) electrons. The van der Waals surface area contributed by atoms with Gasteiger partial charge in [-0.05, 0) is 129 Å². The van der Waals surface area contributed by atoms with Gasteiger partial charge in [-0.15, -0.1) is 0 Å². The highest BCUT2D eigenvalue weighted by Crippen LogP contribution is 2.23. The molecule has 3 aliphatic rings. The topological polar surface area (TPSA) is 368 Å². The Morgan fingerprint density at radius 1 is 0.488 bits per heavy atom. The van der Waals surface area contributed by atoms with Gasteiger partial charge in [0.25, 0.3) is 11.8 Å². The number of hydrogen-bond donors (Lipinski definition) is 12. The number of aliphatic hydroxyl groups is 2. The maximum atomic E-state index is 14.3. The summed E-state index contributed by atoms with van der Waals surface area (Å²) >= 11 is 0. The molecule has 3 fully saturated rings. The Labute approximate surface area is 483 Å². The van der Waals surface area contributed by atoms with E-state index in [1.54, 1.807) is 69.2 Å².